The molecular formula is C18H21N3O2S. The van der Waals surface area contributed by atoms with Gasteiger partial charge in [0.2, 0.25) is 0 Å². The molecule has 0 aliphatic carbocycles. The quantitative estimate of drug-likeness (QED) is 0.819. The fourth-order valence-corrected chi connectivity index (χ4v) is 2.98. The van der Waals surface area contributed by atoms with Crippen LogP contribution < -0.4 is 5.32 Å². The van der Waals surface area contributed by atoms with Gasteiger partial charge in [0.05, 0.1) is 18.8 Å². The minimum absolute atomic E-state index is 0.155. The third-order valence-corrected chi connectivity index (χ3v) is 4.46. The number of morpholine rings is 1. The highest BCUT2D eigenvalue weighted by Crippen LogP contribution is 2.13. The highest BCUT2D eigenvalue weighted by Gasteiger charge is 2.13. The fourth-order valence-electron chi connectivity index (χ4n) is 2.76. The molecule has 2 N–H and O–H groups in total. The van der Waals surface area contributed by atoms with Gasteiger partial charge in [-0.05, 0) is 23.3 Å². The van der Waals surface area contributed by atoms with Gasteiger partial charge in [0, 0.05) is 32.4 Å². The molecule has 3 rings (SSSR count). The lowest BCUT2D eigenvalue weighted by Gasteiger charge is -2.27. The Kier molecular flexibility index (Phi) is 5.74. The third-order valence-electron chi connectivity index (χ3n) is 4.12. The van der Waals surface area contributed by atoms with Crippen LogP contribution in [0.25, 0.3) is 0 Å². The lowest BCUT2D eigenvalue weighted by atomic mass is 10.1. The van der Waals surface area contributed by atoms with Crippen LogP contribution in [0.15, 0.2) is 42.6 Å². The number of carbonyl (C=O) groups is 1. The van der Waals surface area contributed by atoms with Crippen molar-refractivity contribution in [3.05, 3.63) is 63.9 Å². The number of aromatic nitrogens is 1. The number of nitrogens with zero attached hydrogens (tertiary/aromatic N) is 1. The van der Waals surface area contributed by atoms with Gasteiger partial charge in [-0.25, -0.2) is 0 Å². The van der Waals surface area contributed by atoms with Gasteiger partial charge in [0.25, 0.3) is 5.91 Å². The first kappa shape index (κ1) is 16.8. The second-order valence-electron chi connectivity index (χ2n) is 5.75. The Morgan fingerprint density at radius 1 is 1.17 bits per heavy atom. The molecule has 1 aliphatic rings. The normalized spacial score (nSPS) is 15.2. The molecule has 0 spiro atoms. The SMILES string of the molecule is O=C(NCc1ccccc1CN1CCOCC1)c1ccc[nH]c1=S. The molecule has 1 amide bonds. The van der Waals surface area contributed by atoms with E-state index in [1.54, 1.807) is 18.3 Å². The highest BCUT2D eigenvalue weighted by atomic mass is 32.1. The molecule has 6 heteroatoms. The maximum atomic E-state index is 12.3. The van der Waals surface area contributed by atoms with Crippen LogP contribution in [0.2, 0.25) is 0 Å². The van der Waals surface area contributed by atoms with Gasteiger partial charge in [-0.2, -0.15) is 0 Å². The van der Waals surface area contributed by atoms with Crippen molar-refractivity contribution in [1.82, 2.24) is 15.2 Å². The van der Waals surface area contributed by atoms with E-state index in [0.717, 1.165) is 38.4 Å². The molecule has 126 valence electrons. The largest absolute Gasteiger partial charge is 0.379 e. The maximum absolute atomic E-state index is 12.3. The number of amides is 1. The molecule has 2 heterocycles. The number of ether oxygens (including phenoxy) is 1. The predicted octanol–water partition coefficient (Wildman–Crippen LogP) is 2.51. The Balaban J connectivity index is 1.66. The maximum Gasteiger partial charge on any atom is 0.254 e. The highest BCUT2D eigenvalue weighted by molar-refractivity contribution is 7.71. The van der Waals surface area contributed by atoms with Crippen LogP contribution in [-0.2, 0) is 17.8 Å². The smallest absolute Gasteiger partial charge is 0.254 e. The van der Waals surface area contributed by atoms with E-state index in [0.29, 0.717) is 16.7 Å². The van der Waals surface area contributed by atoms with Crippen molar-refractivity contribution in [2.45, 2.75) is 13.1 Å². The van der Waals surface area contributed by atoms with Crippen LogP contribution in [0.3, 0.4) is 0 Å². The lowest BCUT2D eigenvalue weighted by molar-refractivity contribution is 0.0340. The average molecular weight is 343 g/mol. The number of benzene rings is 1. The Morgan fingerprint density at radius 3 is 2.67 bits per heavy atom. The minimum Gasteiger partial charge on any atom is -0.379 e. The molecule has 1 saturated heterocycles. The molecule has 0 saturated carbocycles. The zero-order chi connectivity index (χ0) is 16.8. The number of carbonyl (C=O) groups excluding carboxylic acids is 1. The standard InChI is InChI=1S/C18H21N3O2S/c22-17(16-6-3-7-19-18(16)24)20-12-14-4-1-2-5-15(14)13-21-8-10-23-11-9-21/h1-7H,8-13H2,(H,19,24)(H,20,22). The summed E-state index contributed by atoms with van der Waals surface area (Å²) in [5.41, 5.74) is 2.86. The molecule has 0 radical (unpaired) electrons. The van der Waals surface area contributed by atoms with Crippen molar-refractivity contribution in [2.24, 2.45) is 0 Å². The van der Waals surface area contributed by atoms with Gasteiger partial charge < -0.3 is 15.0 Å². The minimum atomic E-state index is -0.155. The Bertz CT molecular complexity index is 754. The number of nitrogens with one attached hydrogen (secondary N) is 2. The van der Waals surface area contributed by atoms with Crippen LogP contribution in [0.5, 0.6) is 0 Å². The summed E-state index contributed by atoms with van der Waals surface area (Å²) in [5.74, 6) is -0.155. The monoisotopic (exact) mass is 343 g/mol. The number of aromatic amines is 1. The number of rotatable bonds is 5. The lowest BCUT2D eigenvalue weighted by Crippen LogP contribution is -2.36. The number of hydrogen-bond donors (Lipinski definition) is 2. The van der Waals surface area contributed by atoms with E-state index >= 15 is 0 Å². The van der Waals surface area contributed by atoms with E-state index in [4.69, 9.17) is 17.0 Å². The zero-order valence-electron chi connectivity index (χ0n) is 13.5. The molecule has 0 atom stereocenters. The molecule has 0 bridgehead atoms. The van der Waals surface area contributed by atoms with Crippen LogP contribution in [0.1, 0.15) is 21.5 Å². The van der Waals surface area contributed by atoms with Crippen LogP contribution in [-0.4, -0.2) is 42.1 Å². The molecule has 5 nitrogen and oxygen atoms in total. The van der Waals surface area contributed by atoms with Gasteiger partial charge in [-0.3, -0.25) is 9.69 Å². The topological polar surface area (TPSA) is 57.4 Å². The summed E-state index contributed by atoms with van der Waals surface area (Å²) >= 11 is 5.16. The molecule has 1 aliphatic heterocycles. The molecule has 24 heavy (non-hydrogen) atoms. The molecule has 0 unspecified atom stereocenters. The van der Waals surface area contributed by atoms with Gasteiger partial charge in [-0.15, -0.1) is 0 Å². The fraction of sp³-hybridized carbons (Fsp3) is 0.333. The molecular weight excluding hydrogens is 322 g/mol. The Labute approximate surface area is 146 Å². The second-order valence-corrected chi connectivity index (χ2v) is 6.16. The van der Waals surface area contributed by atoms with Gasteiger partial charge in [0.15, 0.2) is 0 Å². The predicted molar refractivity (Wildman–Crippen MR) is 95.3 cm³/mol. The Morgan fingerprint density at radius 2 is 1.92 bits per heavy atom. The summed E-state index contributed by atoms with van der Waals surface area (Å²) in [7, 11) is 0. The van der Waals surface area contributed by atoms with Crippen LogP contribution in [0.4, 0.5) is 0 Å². The van der Waals surface area contributed by atoms with E-state index in [1.807, 2.05) is 12.1 Å². The Hall–Kier alpha value is -2.02. The van der Waals surface area contributed by atoms with E-state index in [2.05, 4.69) is 27.3 Å². The van der Waals surface area contributed by atoms with Gasteiger partial charge in [0.1, 0.15) is 4.64 Å². The summed E-state index contributed by atoms with van der Waals surface area (Å²) in [6, 6.07) is 11.7. The van der Waals surface area contributed by atoms with Crippen LogP contribution >= 0.6 is 12.2 Å². The number of H-pyrrole nitrogens is 1. The van der Waals surface area contributed by atoms with E-state index in [9.17, 15) is 4.79 Å². The van der Waals surface area contributed by atoms with E-state index < -0.39 is 0 Å². The van der Waals surface area contributed by atoms with Crippen molar-refractivity contribution in [3.63, 3.8) is 0 Å². The number of pyridine rings is 1. The first-order valence-corrected chi connectivity index (χ1v) is 8.47. The summed E-state index contributed by atoms with van der Waals surface area (Å²) in [6.45, 7) is 4.82. The zero-order valence-corrected chi connectivity index (χ0v) is 14.3. The number of hydrogen-bond acceptors (Lipinski definition) is 4. The first-order valence-electron chi connectivity index (χ1n) is 8.07. The third kappa shape index (κ3) is 4.29. The molecule has 1 aromatic heterocycles. The van der Waals surface area contributed by atoms with Crippen molar-refractivity contribution in [3.8, 4) is 0 Å². The van der Waals surface area contributed by atoms with Crippen molar-refractivity contribution in [2.75, 3.05) is 26.3 Å². The summed E-state index contributed by atoms with van der Waals surface area (Å²) in [4.78, 5) is 17.6. The summed E-state index contributed by atoms with van der Waals surface area (Å²) in [5, 5.41) is 2.96. The van der Waals surface area contributed by atoms with Crippen LogP contribution in [0, 0.1) is 4.64 Å². The average Bonchev–Trinajstić information content (AvgIpc) is 2.62. The van der Waals surface area contributed by atoms with Gasteiger partial charge in [-0.1, -0.05) is 36.5 Å². The van der Waals surface area contributed by atoms with Crippen molar-refractivity contribution >= 4 is 18.1 Å². The second kappa shape index (κ2) is 8.19. The molecule has 1 fully saturated rings. The summed E-state index contributed by atoms with van der Waals surface area (Å²) in [6.07, 6.45) is 1.72. The van der Waals surface area contributed by atoms with E-state index in [-0.39, 0.29) is 5.91 Å². The van der Waals surface area contributed by atoms with Crippen molar-refractivity contribution < 1.29 is 9.53 Å². The first-order chi connectivity index (χ1) is 11.7. The van der Waals surface area contributed by atoms with Crippen molar-refractivity contribution in [1.29, 1.82) is 0 Å². The molecule has 1 aromatic carbocycles. The summed E-state index contributed by atoms with van der Waals surface area (Å²) < 4.78 is 5.85. The molecule has 2 aromatic rings. The van der Waals surface area contributed by atoms with E-state index in [1.165, 1.54) is 5.56 Å². The van der Waals surface area contributed by atoms with Gasteiger partial charge >= 0.3 is 0 Å².